The SMILES string of the molecule is Cl.c1ccc(CCN2CC3COCC3C2)cc1. The van der Waals surface area contributed by atoms with E-state index in [-0.39, 0.29) is 12.4 Å². The van der Waals surface area contributed by atoms with Gasteiger partial charge in [0, 0.05) is 31.5 Å². The molecule has 0 N–H and O–H groups in total. The van der Waals surface area contributed by atoms with Gasteiger partial charge in [-0.15, -0.1) is 12.4 Å². The Morgan fingerprint density at radius 1 is 1.06 bits per heavy atom. The smallest absolute Gasteiger partial charge is 0.0510 e. The van der Waals surface area contributed by atoms with Crippen molar-refractivity contribution in [2.45, 2.75) is 6.42 Å². The molecule has 2 nitrogen and oxygen atoms in total. The van der Waals surface area contributed by atoms with Gasteiger partial charge in [-0.1, -0.05) is 30.3 Å². The highest BCUT2D eigenvalue weighted by molar-refractivity contribution is 5.85. The highest BCUT2D eigenvalue weighted by Crippen LogP contribution is 2.28. The summed E-state index contributed by atoms with van der Waals surface area (Å²) in [5.41, 5.74) is 1.45. The monoisotopic (exact) mass is 253 g/mol. The highest BCUT2D eigenvalue weighted by Gasteiger charge is 2.36. The minimum Gasteiger partial charge on any atom is -0.381 e. The molecule has 2 fully saturated rings. The average Bonchev–Trinajstić information content (AvgIpc) is 2.88. The lowest BCUT2D eigenvalue weighted by atomic mass is 10.0. The third kappa shape index (κ3) is 3.01. The molecule has 0 spiro atoms. The molecule has 0 aliphatic carbocycles. The number of hydrogen-bond acceptors (Lipinski definition) is 2. The Morgan fingerprint density at radius 3 is 2.35 bits per heavy atom. The van der Waals surface area contributed by atoms with Crippen LogP contribution in [0.1, 0.15) is 5.56 Å². The van der Waals surface area contributed by atoms with Crippen molar-refractivity contribution in [3.8, 4) is 0 Å². The van der Waals surface area contributed by atoms with Crippen molar-refractivity contribution in [2.75, 3.05) is 32.8 Å². The van der Waals surface area contributed by atoms with Gasteiger partial charge < -0.3 is 9.64 Å². The normalized spacial score (nSPS) is 27.8. The second kappa shape index (κ2) is 5.85. The van der Waals surface area contributed by atoms with Crippen LogP contribution in [0.15, 0.2) is 30.3 Å². The third-order valence-corrected chi connectivity index (χ3v) is 3.88. The van der Waals surface area contributed by atoms with Crippen LogP contribution in [-0.2, 0) is 11.2 Å². The van der Waals surface area contributed by atoms with Gasteiger partial charge in [-0.3, -0.25) is 0 Å². The number of likely N-dealkylation sites (tertiary alicyclic amines) is 1. The molecule has 2 unspecified atom stereocenters. The summed E-state index contributed by atoms with van der Waals surface area (Å²) >= 11 is 0. The first-order valence-corrected chi connectivity index (χ1v) is 6.26. The Hall–Kier alpha value is -0.570. The van der Waals surface area contributed by atoms with Crippen molar-refractivity contribution in [1.29, 1.82) is 0 Å². The van der Waals surface area contributed by atoms with Crippen molar-refractivity contribution < 1.29 is 4.74 Å². The van der Waals surface area contributed by atoms with Crippen LogP contribution in [0.2, 0.25) is 0 Å². The fraction of sp³-hybridized carbons (Fsp3) is 0.571. The molecule has 94 valence electrons. The molecule has 1 aromatic rings. The van der Waals surface area contributed by atoms with E-state index in [1.54, 1.807) is 0 Å². The second-order valence-corrected chi connectivity index (χ2v) is 5.05. The molecule has 1 aromatic carbocycles. The molecule has 0 amide bonds. The summed E-state index contributed by atoms with van der Waals surface area (Å²) in [6.07, 6.45) is 1.18. The maximum absolute atomic E-state index is 5.50. The third-order valence-electron chi connectivity index (χ3n) is 3.88. The molecule has 0 aromatic heterocycles. The minimum atomic E-state index is 0. The summed E-state index contributed by atoms with van der Waals surface area (Å²) in [5.74, 6) is 1.63. The Morgan fingerprint density at radius 2 is 1.71 bits per heavy atom. The molecule has 2 aliphatic heterocycles. The molecule has 2 saturated heterocycles. The lowest BCUT2D eigenvalue weighted by Gasteiger charge is -2.16. The van der Waals surface area contributed by atoms with Gasteiger partial charge in [0.1, 0.15) is 0 Å². The molecule has 2 atom stereocenters. The predicted octanol–water partition coefficient (Wildman–Crippen LogP) is 2.23. The molecule has 3 heteroatoms. The van der Waals surface area contributed by atoms with Crippen LogP contribution < -0.4 is 0 Å². The van der Waals surface area contributed by atoms with Gasteiger partial charge in [-0.2, -0.15) is 0 Å². The lowest BCUT2D eigenvalue weighted by Crippen LogP contribution is -2.25. The van der Waals surface area contributed by atoms with Gasteiger partial charge in [-0.25, -0.2) is 0 Å². The predicted molar refractivity (Wildman–Crippen MR) is 71.6 cm³/mol. The quantitative estimate of drug-likeness (QED) is 0.819. The first-order valence-electron chi connectivity index (χ1n) is 6.26. The number of hydrogen-bond donors (Lipinski definition) is 0. The van der Waals surface area contributed by atoms with Gasteiger partial charge in [0.05, 0.1) is 13.2 Å². The van der Waals surface area contributed by atoms with E-state index in [0.717, 1.165) is 25.0 Å². The molecule has 2 aliphatic rings. The van der Waals surface area contributed by atoms with E-state index in [2.05, 4.69) is 35.2 Å². The second-order valence-electron chi connectivity index (χ2n) is 5.05. The topological polar surface area (TPSA) is 12.5 Å². The van der Waals surface area contributed by atoms with Crippen LogP contribution in [0, 0.1) is 11.8 Å². The van der Waals surface area contributed by atoms with Crippen molar-refractivity contribution >= 4 is 12.4 Å². The van der Waals surface area contributed by atoms with E-state index in [1.807, 2.05) is 0 Å². The number of fused-ring (bicyclic) bond motifs is 1. The first kappa shape index (κ1) is 12.9. The number of halogens is 1. The zero-order valence-corrected chi connectivity index (χ0v) is 10.9. The van der Waals surface area contributed by atoms with Gasteiger partial charge in [-0.05, 0) is 12.0 Å². The van der Waals surface area contributed by atoms with E-state index in [4.69, 9.17) is 4.74 Å². The van der Waals surface area contributed by atoms with Crippen LogP contribution in [0.4, 0.5) is 0 Å². The maximum Gasteiger partial charge on any atom is 0.0510 e. The van der Waals surface area contributed by atoms with Crippen LogP contribution in [0.25, 0.3) is 0 Å². The molecule has 0 bridgehead atoms. The van der Waals surface area contributed by atoms with Crippen molar-refractivity contribution in [2.24, 2.45) is 11.8 Å². The van der Waals surface area contributed by atoms with E-state index >= 15 is 0 Å². The molecule has 3 rings (SSSR count). The Labute approximate surface area is 109 Å². The molecule has 2 heterocycles. The van der Waals surface area contributed by atoms with Crippen LogP contribution in [0.3, 0.4) is 0 Å². The Kier molecular flexibility index (Phi) is 4.43. The Bertz CT molecular complexity index is 331. The standard InChI is InChI=1S/C14H19NO.ClH/c1-2-4-12(5-3-1)6-7-15-8-13-10-16-11-14(13)9-15;/h1-5,13-14H,6-11H2;1H. The summed E-state index contributed by atoms with van der Waals surface area (Å²) < 4.78 is 5.50. The van der Waals surface area contributed by atoms with E-state index in [0.29, 0.717) is 0 Å². The Balaban J connectivity index is 0.00000108. The largest absolute Gasteiger partial charge is 0.381 e. The number of benzene rings is 1. The summed E-state index contributed by atoms with van der Waals surface area (Å²) in [6.45, 7) is 5.69. The van der Waals surface area contributed by atoms with E-state index in [9.17, 15) is 0 Å². The molecule has 17 heavy (non-hydrogen) atoms. The van der Waals surface area contributed by atoms with Gasteiger partial charge in [0.2, 0.25) is 0 Å². The molecular formula is C14H20ClNO. The average molecular weight is 254 g/mol. The summed E-state index contributed by atoms with van der Waals surface area (Å²) in [5, 5.41) is 0. The van der Waals surface area contributed by atoms with Gasteiger partial charge in [0.15, 0.2) is 0 Å². The highest BCUT2D eigenvalue weighted by atomic mass is 35.5. The van der Waals surface area contributed by atoms with Crippen LogP contribution in [-0.4, -0.2) is 37.7 Å². The lowest BCUT2D eigenvalue weighted by molar-refractivity contribution is 0.155. The maximum atomic E-state index is 5.50. The van der Waals surface area contributed by atoms with Gasteiger partial charge >= 0.3 is 0 Å². The van der Waals surface area contributed by atoms with Crippen molar-refractivity contribution in [3.05, 3.63) is 35.9 Å². The fourth-order valence-electron chi connectivity index (χ4n) is 2.90. The summed E-state index contributed by atoms with van der Waals surface area (Å²) in [4.78, 5) is 2.60. The zero-order chi connectivity index (χ0) is 10.8. The fourth-order valence-corrected chi connectivity index (χ4v) is 2.90. The molecule has 0 saturated carbocycles. The zero-order valence-electron chi connectivity index (χ0n) is 10.0. The summed E-state index contributed by atoms with van der Waals surface area (Å²) in [7, 11) is 0. The molecule has 0 radical (unpaired) electrons. The van der Waals surface area contributed by atoms with Crippen LogP contribution >= 0.6 is 12.4 Å². The summed E-state index contributed by atoms with van der Waals surface area (Å²) in [6, 6.07) is 10.8. The van der Waals surface area contributed by atoms with Gasteiger partial charge in [0.25, 0.3) is 0 Å². The van der Waals surface area contributed by atoms with Crippen LogP contribution in [0.5, 0.6) is 0 Å². The van der Waals surface area contributed by atoms with E-state index in [1.165, 1.54) is 31.6 Å². The minimum absolute atomic E-state index is 0. The number of nitrogens with zero attached hydrogens (tertiary/aromatic N) is 1. The van der Waals surface area contributed by atoms with Crippen molar-refractivity contribution in [1.82, 2.24) is 4.90 Å². The number of rotatable bonds is 3. The first-order chi connectivity index (χ1) is 7.92. The number of ether oxygens (including phenoxy) is 1. The van der Waals surface area contributed by atoms with E-state index < -0.39 is 0 Å². The molecular weight excluding hydrogens is 234 g/mol. The van der Waals surface area contributed by atoms with Crippen molar-refractivity contribution in [3.63, 3.8) is 0 Å².